The molecule has 0 amide bonds. The molecule has 0 bridgehead atoms. The maximum absolute atomic E-state index is 12.3. The van der Waals surface area contributed by atoms with Crippen molar-refractivity contribution in [2.45, 2.75) is 86.3 Å². The van der Waals surface area contributed by atoms with Gasteiger partial charge in [0.05, 0.1) is 19.8 Å². The van der Waals surface area contributed by atoms with E-state index in [2.05, 4.69) is 5.32 Å². The molecule has 2 atom stereocenters. The Balaban J connectivity index is 2.91. The van der Waals surface area contributed by atoms with Gasteiger partial charge in [-0.05, 0) is 68.1 Å². The Hall–Kier alpha value is -3.54. The Labute approximate surface area is 248 Å². The van der Waals surface area contributed by atoms with Crippen LogP contribution in [0.4, 0.5) is 14.4 Å². The van der Waals surface area contributed by atoms with E-state index in [-0.39, 0.29) is 44.3 Å². The van der Waals surface area contributed by atoms with E-state index in [0.29, 0.717) is 42.6 Å². The lowest BCUT2D eigenvalue weighted by atomic mass is 10.0. The molecular formula is C30H47NO11. The number of aliphatic carboxylic acids is 1. The van der Waals surface area contributed by atoms with E-state index >= 15 is 0 Å². The van der Waals surface area contributed by atoms with Crippen LogP contribution in [0.5, 0.6) is 11.5 Å². The molecule has 0 saturated carbocycles. The number of carbonyl (C=O) groups excluding carboxylic acids is 3. The zero-order chi connectivity index (χ0) is 31.7. The molecule has 12 heteroatoms. The van der Waals surface area contributed by atoms with Crippen LogP contribution in [0.1, 0.15) is 73.3 Å². The Morgan fingerprint density at radius 3 is 1.67 bits per heavy atom. The maximum Gasteiger partial charge on any atom is 0.513 e. The fourth-order valence-electron chi connectivity index (χ4n) is 3.25. The van der Waals surface area contributed by atoms with Gasteiger partial charge in [0.1, 0.15) is 12.1 Å². The fourth-order valence-corrected chi connectivity index (χ4v) is 3.25. The number of carboxylic acid groups (broad SMARTS) is 1. The van der Waals surface area contributed by atoms with Crippen LogP contribution in [0.15, 0.2) is 18.2 Å². The Kier molecular flexibility index (Phi) is 17.0. The first-order valence-corrected chi connectivity index (χ1v) is 14.4. The fraction of sp³-hybridized carbons (Fsp3) is 0.667. The summed E-state index contributed by atoms with van der Waals surface area (Å²) in [4.78, 5) is 48.3. The molecule has 0 radical (unpaired) electrons. The third kappa shape index (κ3) is 16.7. The second-order valence-electron chi connectivity index (χ2n) is 11.3. The second kappa shape index (κ2) is 19.6. The Morgan fingerprint density at radius 2 is 1.19 bits per heavy atom. The van der Waals surface area contributed by atoms with E-state index < -0.39 is 36.6 Å². The first kappa shape index (κ1) is 36.5. The predicted molar refractivity (Wildman–Crippen MR) is 154 cm³/mol. The van der Waals surface area contributed by atoms with E-state index in [4.69, 9.17) is 28.4 Å². The van der Waals surface area contributed by atoms with Crippen molar-refractivity contribution in [3.63, 3.8) is 0 Å². The molecular weight excluding hydrogens is 550 g/mol. The monoisotopic (exact) mass is 597 g/mol. The van der Waals surface area contributed by atoms with E-state index in [9.17, 15) is 24.3 Å². The van der Waals surface area contributed by atoms with Gasteiger partial charge in [0.25, 0.3) is 0 Å². The maximum atomic E-state index is 12.3. The van der Waals surface area contributed by atoms with Gasteiger partial charge in [-0.25, -0.2) is 14.4 Å². The smallest absolute Gasteiger partial charge is 0.480 e. The van der Waals surface area contributed by atoms with E-state index in [1.54, 1.807) is 6.92 Å². The third-order valence-electron chi connectivity index (χ3n) is 5.83. The van der Waals surface area contributed by atoms with Crippen LogP contribution < -0.4 is 14.8 Å². The van der Waals surface area contributed by atoms with E-state index in [0.717, 1.165) is 0 Å². The molecule has 1 unspecified atom stereocenters. The van der Waals surface area contributed by atoms with Crippen molar-refractivity contribution in [3.8, 4) is 11.5 Å². The number of hydrogen-bond acceptors (Lipinski definition) is 11. The van der Waals surface area contributed by atoms with Gasteiger partial charge in [0, 0.05) is 6.54 Å². The zero-order valence-electron chi connectivity index (χ0n) is 25.8. The first-order valence-electron chi connectivity index (χ1n) is 14.4. The minimum Gasteiger partial charge on any atom is -0.480 e. The van der Waals surface area contributed by atoms with Gasteiger partial charge in [-0.3, -0.25) is 4.79 Å². The summed E-state index contributed by atoms with van der Waals surface area (Å²) in [5.74, 6) is -0.361. The molecule has 0 aliphatic carbocycles. The van der Waals surface area contributed by atoms with Crippen LogP contribution in [0.25, 0.3) is 0 Å². The van der Waals surface area contributed by atoms with Crippen LogP contribution in [0.2, 0.25) is 0 Å². The largest absolute Gasteiger partial charge is 0.513 e. The summed E-state index contributed by atoms with van der Waals surface area (Å²) in [6.07, 6.45) is -1.50. The minimum atomic E-state index is -1.15. The normalized spacial score (nSPS) is 12.5. The van der Waals surface area contributed by atoms with E-state index in [1.807, 2.05) is 41.5 Å². The molecule has 0 aliphatic heterocycles. The summed E-state index contributed by atoms with van der Waals surface area (Å²) in [7, 11) is 0. The Bertz CT molecular complexity index is 993. The number of hydrogen-bond donors (Lipinski definition) is 2. The van der Waals surface area contributed by atoms with Gasteiger partial charge in [0.2, 0.25) is 0 Å². The number of carboxylic acids is 1. The molecule has 0 aromatic heterocycles. The van der Waals surface area contributed by atoms with Crippen molar-refractivity contribution < 1.29 is 52.7 Å². The lowest BCUT2D eigenvalue weighted by molar-refractivity contribution is -0.139. The number of benzene rings is 1. The van der Waals surface area contributed by atoms with Crippen LogP contribution in [-0.2, 0) is 30.2 Å². The van der Waals surface area contributed by atoms with Crippen LogP contribution in [-0.4, -0.2) is 68.1 Å². The SMILES string of the molecule is CC(C)CCOC(=O)Oc1ccc(C[C@H](NCC(C)OC(=O)OCCC(C)C)C(=O)O)cc1OC(=O)OCCC(C)C. The van der Waals surface area contributed by atoms with Gasteiger partial charge in [-0.1, -0.05) is 47.6 Å². The highest BCUT2D eigenvalue weighted by molar-refractivity contribution is 5.74. The van der Waals surface area contributed by atoms with Crippen LogP contribution >= 0.6 is 0 Å². The topological polar surface area (TPSA) is 156 Å². The van der Waals surface area contributed by atoms with E-state index in [1.165, 1.54) is 18.2 Å². The van der Waals surface area contributed by atoms with Crippen molar-refractivity contribution in [2.75, 3.05) is 26.4 Å². The van der Waals surface area contributed by atoms with Crippen LogP contribution in [0.3, 0.4) is 0 Å². The second-order valence-corrected chi connectivity index (χ2v) is 11.3. The lowest BCUT2D eigenvalue weighted by Gasteiger charge is -2.19. The molecule has 1 aromatic carbocycles. The molecule has 1 aromatic rings. The standard InChI is InChI=1S/C30H47NO11/c1-19(2)10-13-37-28(34)40-22(7)18-31-24(27(32)33)16-23-8-9-25(41-29(35)38-14-11-20(3)4)26(17-23)42-30(36)39-15-12-21(5)6/h8-9,17,19-22,24,31H,10-16,18H2,1-7H3,(H,32,33)/t22?,24-/m0/s1. The number of nitrogens with one attached hydrogen (secondary N) is 1. The van der Waals surface area contributed by atoms with Crippen molar-refractivity contribution in [1.82, 2.24) is 5.32 Å². The molecule has 42 heavy (non-hydrogen) atoms. The average molecular weight is 598 g/mol. The zero-order valence-corrected chi connectivity index (χ0v) is 25.8. The summed E-state index contributed by atoms with van der Waals surface area (Å²) in [6.45, 7) is 14.1. The summed E-state index contributed by atoms with van der Waals surface area (Å²) < 4.78 is 30.9. The number of ether oxygens (including phenoxy) is 6. The van der Waals surface area contributed by atoms with Gasteiger partial charge < -0.3 is 38.8 Å². The molecule has 12 nitrogen and oxygen atoms in total. The van der Waals surface area contributed by atoms with Gasteiger partial charge >= 0.3 is 24.4 Å². The Morgan fingerprint density at radius 1 is 0.714 bits per heavy atom. The van der Waals surface area contributed by atoms with Gasteiger partial charge in [-0.2, -0.15) is 0 Å². The molecule has 0 heterocycles. The third-order valence-corrected chi connectivity index (χ3v) is 5.83. The highest BCUT2D eigenvalue weighted by Gasteiger charge is 2.22. The summed E-state index contributed by atoms with van der Waals surface area (Å²) in [5, 5.41) is 12.6. The van der Waals surface area contributed by atoms with Gasteiger partial charge in [-0.15, -0.1) is 0 Å². The summed E-state index contributed by atoms with van der Waals surface area (Å²) in [6, 6.07) is 3.24. The first-order chi connectivity index (χ1) is 19.8. The predicted octanol–water partition coefficient (Wildman–Crippen LogP) is 5.98. The molecule has 238 valence electrons. The van der Waals surface area contributed by atoms with Crippen molar-refractivity contribution in [1.29, 1.82) is 0 Å². The van der Waals surface area contributed by atoms with Crippen molar-refractivity contribution in [2.24, 2.45) is 17.8 Å². The molecule has 0 aliphatic rings. The highest BCUT2D eigenvalue weighted by Crippen LogP contribution is 2.30. The van der Waals surface area contributed by atoms with Crippen molar-refractivity contribution in [3.05, 3.63) is 23.8 Å². The lowest BCUT2D eigenvalue weighted by Crippen LogP contribution is -2.42. The van der Waals surface area contributed by atoms with Crippen molar-refractivity contribution >= 4 is 24.4 Å². The molecule has 0 fully saturated rings. The quantitative estimate of drug-likeness (QED) is 0.116. The molecule has 0 spiro atoms. The molecule has 2 N–H and O–H groups in total. The highest BCUT2D eigenvalue weighted by atomic mass is 16.7. The minimum absolute atomic E-state index is 0.0290. The van der Waals surface area contributed by atoms with Gasteiger partial charge in [0.15, 0.2) is 11.5 Å². The summed E-state index contributed by atoms with van der Waals surface area (Å²) in [5.41, 5.74) is 0.460. The summed E-state index contributed by atoms with van der Waals surface area (Å²) >= 11 is 0. The average Bonchev–Trinajstić information content (AvgIpc) is 2.87. The number of rotatable bonds is 18. The van der Waals surface area contributed by atoms with Crippen LogP contribution in [0, 0.1) is 17.8 Å². The molecule has 1 rings (SSSR count). The number of carbonyl (C=O) groups is 4. The molecule has 0 saturated heterocycles.